The summed E-state index contributed by atoms with van der Waals surface area (Å²) in [6.45, 7) is 1.63. The molecule has 1 unspecified atom stereocenters. The number of sulfone groups is 1. The van der Waals surface area contributed by atoms with Gasteiger partial charge in [-0.05, 0) is 49.4 Å². The Labute approximate surface area is 161 Å². The molecule has 0 radical (unpaired) electrons. The van der Waals surface area contributed by atoms with Crippen LogP contribution in [0.5, 0.6) is 5.75 Å². The third-order valence-electron chi connectivity index (χ3n) is 3.96. The second kappa shape index (κ2) is 7.58. The Morgan fingerprint density at radius 3 is 2.63 bits per heavy atom. The molecule has 0 fully saturated rings. The molecule has 1 aliphatic rings. The predicted molar refractivity (Wildman–Crippen MR) is 102 cm³/mol. The Balaban J connectivity index is 1.62. The molecule has 9 heteroatoms. The highest BCUT2D eigenvalue weighted by atomic mass is 35.5. The number of carbonyl (C=O) groups excluding carboxylic acids is 2. The summed E-state index contributed by atoms with van der Waals surface area (Å²) in [5.41, 5.74) is 0.880. The van der Waals surface area contributed by atoms with Crippen LogP contribution in [0.15, 0.2) is 47.4 Å². The Morgan fingerprint density at radius 1 is 1.22 bits per heavy atom. The van der Waals surface area contributed by atoms with Crippen molar-refractivity contribution in [1.29, 1.82) is 0 Å². The van der Waals surface area contributed by atoms with Gasteiger partial charge < -0.3 is 15.4 Å². The molecule has 2 amide bonds. The molecule has 2 aromatic carbocycles. The van der Waals surface area contributed by atoms with Crippen LogP contribution in [0.1, 0.15) is 13.3 Å². The van der Waals surface area contributed by atoms with E-state index in [1.54, 1.807) is 25.1 Å². The van der Waals surface area contributed by atoms with E-state index in [-0.39, 0.29) is 23.0 Å². The average Bonchev–Trinajstić information content (AvgIpc) is 2.62. The van der Waals surface area contributed by atoms with E-state index in [9.17, 15) is 18.0 Å². The lowest BCUT2D eigenvalue weighted by molar-refractivity contribution is -0.122. The second-order valence-corrected chi connectivity index (χ2v) is 8.58. The summed E-state index contributed by atoms with van der Waals surface area (Å²) in [7, 11) is -3.59. The van der Waals surface area contributed by atoms with Gasteiger partial charge >= 0.3 is 0 Å². The molecule has 0 aliphatic carbocycles. The van der Waals surface area contributed by atoms with Gasteiger partial charge in [-0.3, -0.25) is 9.59 Å². The van der Waals surface area contributed by atoms with Gasteiger partial charge in [0.05, 0.1) is 16.3 Å². The number of hydrogen-bond donors (Lipinski definition) is 2. The summed E-state index contributed by atoms with van der Waals surface area (Å²) in [6.07, 6.45) is -0.793. The molecule has 0 spiro atoms. The van der Waals surface area contributed by atoms with Gasteiger partial charge in [-0.15, -0.1) is 0 Å². The molecule has 0 bridgehead atoms. The van der Waals surface area contributed by atoms with Crippen LogP contribution in [0.3, 0.4) is 0 Å². The van der Waals surface area contributed by atoms with Gasteiger partial charge in [0.2, 0.25) is 5.91 Å². The second-order valence-electron chi connectivity index (χ2n) is 6.03. The highest BCUT2D eigenvalue weighted by Gasteiger charge is 2.24. The van der Waals surface area contributed by atoms with Crippen LogP contribution in [0.2, 0.25) is 5.02 Å². The quantitative estimate of drug-likeness (QED) is 0.792. The van der Waals surface area contributed by atoms with Crippen molar-refractivity contribution in [3.63, 3.8) is 0 Å². The molecule has 1 aliphatic heterocycles. The highest BCUT2D eigenvalue weighted by Crippen LogP contribution is 2.32. The van der Waals surface area contributed by atoms with E-state index in [2.05, 4.69) is 10.6 Å². The Morgan fingerprint density at radius 2 is 1.93 bits per heavy atom. The van der Waals surface area contributed by atoms with Crippen molar-refractivity contribution in [2.75, 3.05) is 16.4 Å². The first-order valence-corrected chi connectivity index (χ1v) is 10.2. The highest BCUT2D eigenvalue weighted by molar-refractivity contribution is 7.91. The Kier molecular flexibility index (Phi) is 5.38. The Hall–Kier alpha value is -2.58. The molecule has 27 heavy (non-hydrogen) atoms. The van der Waals surface area contributed by atoms with Crippen LogP contribution in [0.25, 0.3) is 0 Å². The fourth-order valence-electron chi connectivity index (χ4n) is 2.50. The first kappa shape index (κ1) is 19.2. The summed E-state index contributed by atoms with van der Waals surface area (Å²) in [6, 6.07) is 10.6. The van der Waals surface area contributed by atoms with Crippen molar-refractivity contribution in [2.24, 2.45) is 0 Å². The van der Waals surface area contributed by atoms with Gasteiger partial charge in [-0.25, -0.2) is 8.42 Å². The van der Waals surface area contributed by atoms with E-state index < -0.39 is 21.8 Å². The van der Waals surface area contributed by atoms with Crippen LogP contribution in [0, 0.1) is 0 Å². The van der Waals surface area contributed by atoms with Gasteiger partial charge in [-0.2, -0.15) is 0 Å². The van der Waals surface area contributed by atoms with E-state index >= 15 is 0 Å². The first-order valence-electron chi connectivity index (χ1n) is 8.14. The lowest BCUT2D eigenvalue weighted by Crippen LogP contribution is -2.34. The lowest BCUT2D eigenvalue weighted by atomic mass is 10.2. The normalized spacial score (nSPS) is 16.1. The molecule has 0 saturated carbocycles. The number of fused-ring (bicyclic) bond motifs is 1. The summed E-state index contributed by atoms with van der Waals surface area (Å²) < 4.78 is 30.0. The third kappa shape index (κ3) is 4.58. The monoisotopic (exact) mass is 408 g/mol. The third-order valence-corrected chi connectivity index (χ3v) is 5.95. The van der Waals surface area contributed by atoms with Gasteiger partial charge in [0, 0.05) is 17.1 Å². The van der Waals surface area contributed by atoms with Crippen molar-refractivity contribution >= 4 is 44.6 Å². The molecular weight excluding hydrogens is 392 g/mol. The number of nitrogens with one attached hydrogen (secondary N) is 2. The van der Waals surface area contributed by atoms with Crippen molar-refractivity contribution in [3.05, 3.63) is 47.5 Å². The maximum atomic E-state index is 12.3. The number of carbonyl (C=O) groups is 2. The Bertz CT molecular complexity index is 989. The van der Waals surface area contributed by atoms with Gasteiger partial charge in [-0.1, -0.05) is 11.6 Å². The summed E-state index contributed by atoms with van der Waals surface area (Å²) in [5.74, 6) is -0.558. The van der Waals surface area contributed by atoms with E-state index in [4.69, 9.17) is 16.3 Å². The zero-order valence-corrected chi connectivity index (χ0v) is 15.9. The van der Waals surface area contributed by atoms with Crippen LogP contribution >= 0.6 is 11.6 Å². The SMILES string of the molecule is CC1Oc2ccc(NC(=O)CCS(=O)(=O)c3ccc(Cl)cc3)cc2NC1=O. The number of hydrogen-bond acceptors (Lipinski definition) is 5. The molecule has 0 aromatic heterocycles. The fourth-order valence-corrected chi connectivity index (χ4v) is 3.86. The maximum absolute atomic E-state index is 12.3. The zero-order chi connectivity index (χ0) is 19.6. The predicted octanol–water partition coefficient (Wildman–Crippen LogP) is 2.86. The fraction of sp³-hybridized carbons (Fsp3) is 0.222. The molecule has 2 N–H and O–H groups in total. The number of rotatable bonds is 5. The largest absolute Gasteiger partial charge is 0.479 e. The van der Waals surface area contributed by atoms with Gasteiger partial charge in [0.1, 0.15) is 5.75 Å². The van der Waals surface area contributed by atoms with Gasteiger partial charge in [0.15, 0.2) is 15.9 Å². The zero-order valence-electron chi connectivity index (χ0n) is 14.4. The number of benzene rings is 2. The minimum Gasteiger partial charge on any atom is -0.479 e. The van der Waals surface area contributed by atoms with Crippen molar-refractivity contribution in [2.45, 2.75) is 24.3 Å². The molecule has 7 nitrogen and oxygen atoms in total. The van der Waals surface area contributed by atoms with Gasteiger partial charge in [0.25, 0.3) is 5.91 Å². The molecule has 1 heterocycles. The lowest BCUT2D eigenvalue weighted by Gasteiger charge is -2.23. The standard InChI is InChI=1S/C18H17ClN2O5S/c1-11-18(23)21-15-10-13(4-7-16(15)26-11)20-17(22)8-9-27(24,25)14-5-2-12(19)3-6-14/h2-7,10-11H,8-9H2,1H3,(H,20,22)(H,21,23). The molecule has 0 saturated heterocycles. The summed E-state index contributed by atoms with van der Waals surface area (Å²) in [5, 5.41) is 5.74. The molecule has 3 rings (SSSR count). The van der Waals surface area contributed by atoms with Crippen molar-refractivity contribution in [3.8, 4) is 5.75 Å². The number of ether oxygens (including phenoxy) is 1. The van der Waals surface area contributed by atoms with Crippen LogP contribution in [-0.2, 0) is 19.4 Å². The molecular formula is C18H17ClN2O5S. The minimum atomic E-state index is -3.59. The van der Waals surface area contributed by atoms with Crippen LogP contribution in [0.4, 0.5) is 11.4 Å². The number of anilines is 2. The van der Waals surface area contributed by atoms with E-state index in [0.29, 0.717) is 22.1 Å². The number of halogens is 1. The first-order chi connectivity index (χ1) is 12.7. The summed E-state index contributed by atoms with van der Waals surface area (Å²) in [4.78, 5) is 23.9. The minimum absolute atomic E-state index is 0.113. The maximum Gasteiger partial charge on any atom is 0.265 e. The average molecular weight is 409 g/mol. The topological polar surface area (TPSA) is 102 Å². The molecule has 142 valence electrons. The van der Waals surface area contributed by atoms with Crippen molar-refractivity contribution in [1.82, 2.24) is 0 Å². The number of amides is 2. The van der Waals surface area contributed by atoms with Crippen molar-refractivity contribution < 1.29 is 22.7 Å². The van der Waals surface area contributed by atoms with Crippen LogP contribution in [-0.4, -0.2) is 32.1 Å². The molecule has 2 aromatic rings. The smallest absolute Gasteiger partial charge is 0.265 e. The van der Waals surface area contributed by atoms with E-state index in [1.165, 1.54) is 24.3 Å². The van der Waals surface area contributed by atoms with Crippen LogP contribution < -0.4 is 15.4 Å². The molecule has 1 atom stereocenters. The van der Waals surface area contributed by atoms with E-state index in [1.807, 2.05) is 0 Å². The van der Waals surface area contributed by atoms with E-state index in [0.717, 1.165) is 0 Å². The summed E-state index contributed by atoms with van der Waals surface area (Å²) >= 11 is 5.75.